The molecule has 0 unspecified atom stereocenters. The quantitative estimate of drug-likeness (QED) is 0.154. The summed E-state index contributed by atoms with van der Waals surface area (Å²) in [6.45, 7) is 7.02. The van der Waals surface area contributed by atoms with Gasteiger partial charge in [0.2, 0.25) is 0 Å². The highest BCUT2D eigenvalue weighted by molar-refractivity contribution is 6.12. The predicted molar refractivity (Wildman–Crippen MR) is 251 cm³/mol. The third kappa shape index (κ3) is 5.48. The highest BCUT2D eigenvalue weighted by Crippen LogP contribution is 2.41. The highest BCUT2D eigenvalue weighted by Gasteiger charge is 2.26. The van der Waals surface area contributed by atoms with E-state index in [4.69, 9.17) is 0 Å². The zero-order chi connectivity index (χ0) is 40.0. The fourth-order valence-corrected chi connectivity index (χ4v) is 10.1. The maximum Gasteiger partial charge on any atom is 0.0541 e. The van der Waals surface area contributed by atoms with Gasteiger partial charge in [-0.2, -0.15) is 0 Å². The summed E-state index contributed by atoms with van der Waals surface area (Å²) in [7, 11) is 4.34. The number of fused-ring (bicyclic) bond motifs is 9. The molecule has 3 heteroatoms. The molecule has 0 saturated carbocycles. The van der Waals surface area contributed by atoms with E-state index in [0.29, 0.717) is 0 Å². The maximum atomic E-state index is 2.48. The van der Waals surface area contributed by atoms with Crippen LogP contribution >= 0.6 is 0 Å². The number of hydrogen-bond donors (Lipinski definition) is 0. The first-order valence-corrected chi connectivity index (χ1v) is 20.9. The van der Waals surface area contributed by atoms with Gasteiger partial charge in [-0.3, -0.25) is 0 Å². The van der Waals surface area contributed by atoms with Crippen LogP contribution in [0.3, 0.4) is 0 Å². The van der Waals surface area contributed by atoms with E-state index in [0.717, 1.165) is 12.8 Å². The molecule has 0 N–H and O–H groups in total. The maximum absolute atomic E-state index is 2.48. The van der Waals surface area contributed by atoms with Crippen molar-refractivity contribution in [1.82, 2.24) is 13.7 Å². The zero-order valence-corrected chi connectivity index (χ0v) is 34.4. The van der Waals surface area contributed by atoms with Gasteiger partial charge < -0.3 is 13.7 Å². The lowest BCUT2D eigenvalue weighted by molar-refractivity contribution is 0.641. The van der Waals surface area contributed by atoms with Crippen molar-refractivity contribution in [2.75, 3.05) is 0 Å². The van der Waals surface area contributed by atoms with Crippen molar-refractivity contribution in [2.24, 2.45) is 14.1 Å². The molecule has 3 heterocycles. The van der Waals surface area contributed by atoms with E-state index in [1.54, 1.807) is 0 Å². The van der Waals surface area contributed by atoms with Gasteiger partial charge in [0.05, 0.1) is 11.0 Å². The van der Waals surface area contributed by atoms with Crippen LogP contribution in [0.2, 0.25) is 0 Å². The fraction of sp³-hybridized carbons (Fsp3) is 0.143. The van der Waals surface area contributed by atoms with Crippen LogP contribution in [0.4, 0.5) is 0 Å². The second-order valence-corrected chi connectivity index (χ2v) is 17.1. The molecule has 0 aliphatic heterocycles. The minimum atomic E-state index is -0.241. The zero-order valence-electron chi connectivity index (χ0n) is 34.4. The summed E-state index contributed by atoms with van der Waals surface area (Å²) in [6.07, 6.45) is 1.95. The van der Waals surface area contributed by atoms with Crippen LogP contribution in [0.1, 0.15) is 41.7 Å². The molecule has 11 aromatic rings. The Hall–Kier alpha value is -6.84. The normalized spacial score (nSPS) is 12.3. The summed E-state index contributed by atoms with van der Waals surface area (Å²) >= 11 is 0. The van der Waals surface area contributed by atoms with Gasteiger partial charge in [0.1, 0.15) is 0 Å². The van der Waals surface area contributed by atoms with Crippen LogP contribution in [0.25, 0.3) is 82.2 Å². The van der Waals surface area contributed by atoms with Crippen molar-refractivity contribution in [3.8, 4) is 16.8 Å². The first-order chi connectivity index (χ1) is 28.8. The summed E-state index contributed by atoms with van der Waals surface area (Å²) in [5, 5.41) is 7.78. The van der Waals surface area contributed by atoms with Crippen LogP contribution in [-0.4, -0.2) is 13.7 Å². The molecule has 11 rings (SSSR count). The third-order valence-corrected chi connectivity index (χ3v) is 13.5. The van der Waals surface area contributed by atoms with Crippen molar-refractivity contribution in [3.63, 3.8) is 0 Å². The van der Waals surface area contributed by atoms with Gasteiger partial charge >= 0.3 is 0 Å². The Balaban J connectivity index is 0.988. The van der Waals surface area contributed by atoms with Crippen LogP contribution in [-0.2, 0) is 32.4 Å². The van der Waals surface area contributed by atoms with Crippen molar-refractivity contribution < 1.29 is 0 Å². The summed E-state index contributed by atoms with van der Waals surface area (Å²) in [5.41, 5.74) is 17.8. The molecule has 59 heavy (non-hydrogen) atoms. The summed E-state index contributed by atoms with van der Waals surface area (Å²) < 4.78 is 7.07. The minimum absolute atomic E-state index is 0.241. The SMILES string of the molecule is Cc1ccccc1-c1cc(C(C)(C)c2ccc3c(c2)c2ccccc2n3-c2ccc3c(c2)c2ccccc2n3C)ccc1CCc1ccc2c(c1)c1ccccc1n2C. The molecule has 0 atom stereocenters. The molecular weight excluding hydrogens is 715 g/mol. The van der Waals surface area contributed by atoms with Crippen molar-refractivity contribution >= 4 is 65.4 Å². The van der Waals surface area contributed by atoms with Gasteiger partial charge in [-0.25, -0.2) is 0 Å². The Morgan fingerprint density at radius 1 is 0.407 bits per heavy atom. The molecule has 3 nitrogen and oxygen atoms in total. The average Bonchev–Trinajstić information content (AvgIpc) is 3.87. The van der Waals surface area contributed by atoms with E-state index in [9.17, 15) is 0 Å². The average molecular weight is 762 g/mol. The first-order valence-electron chi connectivity index (χ1n) is 20.9. The summed E-state index contributed by atoms with van der Waals surface area (Å²) in [5.74, 6) is 0. The Morgan fingerprint density at radius 2 is 0.915 bits per heavy atom. The van der Waals surface area contributed by atoms with Crippen LogP contribution < -0.4 is 0 Å². The number of aromatic nitrogens is 3. The van der Waals surface area contributed by atoms with Gasteiger partial charge in [-0.1, -0.05) is 117 Å². The molecule has 0 bridgehead atoms. The lowest BCUT2D eigenvalue weighted by Crippen LogP contribution is -2.19. The predicted octanol–water partition coefficient (Wildman–Crippen LogP) is 14.2. The molecule has 0 aliphatic carbocycles. The lowest BCUT2D eigenvalue weighted by atomic mass is 9.76. The molecule has 0 radical (unpaired) electrons. The number of aryl methyl sites for hydroxylation is 5. The van der Waals surface area contributed by atoms with E-state index in [1.807, 2.05) is 0 Å². The molecule has 286 valence electrons. The monoisotopic (exact) mass is 761 g/mol. The molecule has 0 saturated heterocycles. The second-order valence-electron chi connectivity index (χ2n) is 17.1. The van der Waals surface area contributed by atoms with Gasteiger partial charge in [0, 0.05) is 79.6 Å². The largest absolute Gasteiger partial charge is 0.344 e. The molecule has 0 spiro atoms. The highest BCUT2D eigenvalue weighted by atomic mass is 15.0. The third-order valence-electron chi connectivity index (χ3n) is 13.5. The fourth-order valence-electron chi connectivity index (χ4n) is 10.1. The van der Waals surface area contributed by atoms with Crippen molar-refractivity contribution in [1.29, 1.82) is 0 Å². The van der Waals surface area contributed by atoms with Gasteiger partial charge in [-0.15, -0.1) is 0 Å². The van der Waals surface area contributed by atoms with Crippen LogP contribution in [0.5, 0.6) is 0 Å². The molecule has 0 amide bonds. The van der Waals surface area contributed by atoms with Gasteiger partial charge in [0.25, 0.3) is 0 Å². The van der Waals surface area contributed by atoms with Crippen LogP contribution in [0, 0.1) is 6.92 Å². The van der Waals surface area contributed by atoms with E-state index in [2.05, 4.69) is 218 Å². The van der Waals surface area contributed by atoms with Crippen LogP contribution in [0.15, 0.2) is 170 Å². The number of rotatable bonds is 7. The number of para-hydroxylation sites is 3. The summed E-state index contributed by atoms with van der Waals surface area (Å²) in [6, 6.07) is 63.6. The number of hydrogen-bond acceptors (Lipinski definition) is 0. The van der Waals surface area contributed by atoms with Gasteiger partial charge in [-0.05, 0) is 125 Å². The molecule has 0 fully saturated rings. The Labute approximate surface area is 345 Å². The smallest absolute Gasteiger partial charge is 0.0541 e. The number of nitrogens with zero attached hydrogens (tertiary/aromatic N) is 3. The molecule has 3 aromatic heterocycles. The standard InChI is InChI=1S/C56H47N3/c1-36-14-6-7-15-42(36)46-33-39(26-25-38(46)24-22-37-23-29-52-47(32-37)43-16-8-11-19-50(43)57(52)4)56(2,3)40-27-30-55-48(34-40)45-18-10-13-21-54(45)59(55)41-28-31-53-49(35-41)44-17-9-12-20-51(44)58(53)5/h6-21,23,25-35H,22,24H2,1-5H3. The molecule has 0 aliphatic rings. The Morgan fingerprint density at radius 3 is 1.63 bits per heavy atom. The lowest BCUT2D eigenvalue weighted by Gasteiger charge is -2.28. The van der Waals surface area contributed by atoms with E-state index >= 15 is 0 Å². The molecular formula is C56H47N3. The van der Waals surface area contributed by atoms with Crippen molar-refractivity contribution in [3.05, 3.63) is 198 Å². The molecule has 8 aromatic carbocycles. The van der Waals surface area contributed by atoms with E-state index in [-0.39, 0.29) is 5.41 Å². The van der Waals surface area contributed by atoms with Crippen molar-refractivity contribution in [2.45, 2.75) is 39.0 Å². The topological polar surface area (TPSA) is 14.8 Å². The first kappa shape index (κ1) is 35.3. The second kappa shape index (κ2) is 13.4. The van der Waals surface area contributed by atoms with E-state index in [1.165, 1.54) is 110 Å². The summed E-state index contributed by atoms with van der Waals surface area (Å²) in [4.78, 5) is 0. The van der Waals surface area contributed by atoms with E-state index < -0.39 is 0 Å². The van der Waals surface area contributed by atoms with Gasteiger partial charge in [0.15, 0.2) is 0 Å². The Bertz CT molecular complexity index is 3460. The Kier molecular flexibility index (Phi) is 8.00. The number of benzene rings is 8. The minimum Gasteiger partial charge on any atom is -0.344 e.